The summed E-state index contributed by atoms with van der Waals surface area (Å²) in [6.07, 6.45) is 0.917. The van der Waals surface area contributed by atoms with Crippen molar-refractivity contribution in [2.75, 3.05) is 0 Å². The van der Waals surface area contributed by atoms with E-state index in [-0.39, 0.29) is 0 Å². The summed E-state index contributed by atoms with van der Waals surface area (Å²) in [5, 5.41) is 8.97. The molecule has 0 aliphatic carbocycles. The summed E-state index contributed by atoms with van der Waals surface area (Å²) >= 11 is 6.77. The van der Waals surface area contributed by atoms with E-state index in [0.717, 1.165) is 6.42 Å². The molecule has 0 aliphatic heterocycles. The Labute approximate surface area is 82.7 Å². The maximum absolute atomic E-state index is 8.97. The number of benzene rings is 1. The topological polar surface area (TPSA) is 20.2 Å². The average molecular weight is 280 g/mol. The number of aromatic hydroxyl groups is 1. The monoisotopic (exact) mass is 278 g/mol. The fourth-order valence-electron chi connectivity index (χ4n) is 0.810. The van der Waals surface area contributed by atoms with E-state index >= 15 is 0 Å². The maximum Gasteiger partial charge on any atom is 0.115 e. The van der Waals surface area contributed by atoms with E-state index in [0.29, 0.717) is 9.49 Å². The molecule has 0 bridgehead atoms. The second-order valence-corrected chi connectivity index (χ2v) is 5.70. The third-order valence-corrected chi connectivity index (χ3v) is 1.97. The summed E-state index contributed by atoms with van der Waals surface area (Å²) in [6.45, 7) is 0. The van der Waals surface area contributed by atoms with Crippen molar-refractivity contribution in [2.24, 2.45) is 0 Å². The van der Waals surface area contributed by atoms with Crippen LogP contribution in [-0.4, -0.2) is 8.84 Å². The van der Waals surface area contributed by atoms with E-state index in [1.165, 1.54) is 5.56 Å². The lowest BCUT2D eigenvalue weighted by Gasteiger charge is -2.01. The van der Waals surface area contributed by atoms with Crippen molar-refractivity contribution in [3.05, 3.63) is 29.8 Å². The Balaban J connectivity index is 2.66. The molecule has 0 atom stereocenters. The van der Waals surface area contributed by atoms with Gasteiger partial charge in [-0.15, -0.1) is 0 Å². The summed E-state index contributed by atoms with van der Waals surface area (Å²) < 4.78 is 0.305. The van der Waals surface area contributed by atoms with Gasteiger partial charge in [-0.1, -0.05) is 44.0 Å². The molecule has 0 radical (unpaired) electrons. The fraction of sp³-hybridized carbons (Fsp3) is 0.250. The zero-order chi connectivity index (χ0) is 8.27. The van der Waals surface area contributed by atoms with Crippen LogP contribution in [0.2, 0.25) is 0 Å². The number of rotatable bonds is 2. The predicted octanol–water partition coefficient (Wildman–Crippen LogP) is 3.05. The maximum atomic E-state index is 8.97. The summed E-state index contributed by atoms with van der Waals surface area (Å²) in [5.41, 5.74) is 1.20. The molecule has 0 saturated heterocycles. The van der Waals surface area contributed by atoms with Crippen molar-refractivity contribution in [1.29, 1.82) is 0 Å². The largest absolute Gasteiger partial charge is 0.508 e. The number of hydrogen-bond acceptors (Lipinski definition) is 1. The van der Waals surface area contributed by atoms with Crippen molar-refractivity contribution in [2.45, 2.75) is 10.2 Å². The Bertz CT molecular complexity index is 218. The molecule has 0 amide bonds. The first-order valence-electron chi connectivity index (χ1n) is 3.24. The summed E-state index contributed by atoms with van der Waals surface area (Å²) in [6, 6.07) is 7.20. The lowest BCUT2D eigenvalue weighted by atomic mass is 10.2. The second-order valence-electron chi connectivity index (χ2n) is 2.26. The molecule has 1 rings (SSSR count). The third kappa shape index (κ3) is 3.25. The highest BCUT2D eigenvalue weighted by atomic mass is 79.9. The first-order valence-corrected chi connectivity index (χ1v) is 5.07. The molecule has 1 aromatic rings. The van der Waals surface area contributed by atoms with Crippen LogP contribution in [-0.2, 0) is 6.42 Å². The molecule has 0 unspecified atom stereocenters. The first-order chi connectivity index (χ1) is 5.18. The van der Waals surface area contributed by atoms with Crippen LogP contribution in [0.15, 0.2) is 24.3 Å². The molecule has 3 heteroatoms. The van der Waals surface area contributed by atoms with Gasteiger partial charge in [-0.05, 0) is 24.1 Å². The normalized spacial score (nSPS) is 10.5. The highest BCUT2D eigenvalue weighted by Crippen LogP contribution is 2.17. The number of alkyl halides is 2. The van der Waals surface area contributed by atoms with Crippen LogP contribution in [0.3, 0.4) is 0 Å². The Morgan fingerprint density at radius 3 is 2.18 bits per heavy atom. The van der Waals surface area contributed by atoms with Crippen molar-refractivity contribution in [3.8, 4) is 5.75 Å². The zero-order valence-corrected chi connectivity index (χ0v) is 8.97. The fourth-order valence-corrected chi connectivity index (χ4v) is 1.56. The van der Waals surface area contributed by atoms with Crippen LogP contribution in [0, 0.1) is 0 Å². The summed E-state index contributed by atoms with van der Waals surface area (Å²) in [4.78, 5) is 0. The standard InChI is InChI=1S/C8H8Br2O/c9-8(10)5-6-1-3-7(11)4-2-6/h1-4,8,11H,5H2. The molecule has 0 aliphatic rings. The molecule has 0 spiro atoms. The number of halogens is 2. The van der Waals surface area contributed by atoms with Gasteiger partial charge in [0.25, 0.3) is 0 Å². The lowest BCUT2D eigenvalue weighted by Crippen LogP contribution is -1.91. The van der Waals surface area contributed by atoms with Gasteiger partial charge in [0.1, 0.15) is 5.75 Å². The average Bonchev–Trinajstić information content (AvgIpc) is 1.93. The van der Waals surface area contributed by atoms with Crippen molar-refractivity contribution in [1.82, 2.24) is 0 Å². The molecule has 0 saturated carbocycles. The van der Waals surface area contributed by atoms with Gasteiger partial charge >= 0.3 is 0 Å². The van der Waals surface area contributed by atoms with E-state index < -0.39 is 0 Å². The van der Waals surface area contributed by atoms with Crippen LogP contribution in [0.4, 0.5) is 0 Å². The van der Waals surface area contributed by atoms with Gasteiger partial charge in [-0.3, -0.25) is 0 Å². The third-order valence-electron chi connectivity index (χ3n) is 1.33. The van der Waals surface area contributed by atoms with Crippen molar-refractivity contribution < 1.29 is 5.11 Å². The molecule has 60 valence electrons. The quantitative estimate of drug-likeness (QED) is 0.825. The van der Waals surface area contributed by atoms with Gasteiger partial charge in [-0.25, -0.2) is 0 Å². The Morgan fingerprint density at radius 2 is 1.73 bits per heavy atom. The van der Waals surface area contributed by atoms with Gasteiger partial charge in [0.2, 0.25) is 0 Å². The van der Waals surface area contributed by atoms with Gasteiger partial charge in [0.05, 0.1) is 3.74 Å². The van der Waals surface area contributed by atoms with Crippen LogP contribution in [0.25, 0.3) is 0 Å². The molecular weight excluding hydrogens is 272 g/mol. The number of phenolic OH excluding ortho intramolecular Hbond substituents is 1. The van der Waals surface area contributed by atoms with E-state index in [1.54, 1.807) is 12.1 Å². The van der Waals surface area contributed by atoms with Gasteiger partial charge in [0.15, 0.2) is 0 Å². The van der Waals surface area contributed by atoms with Crippen LogP contribution in [0.1, 0.15) is 5.56 Å². The van der Waals surface area contributed by atoms with Crippen molar-refractivity contribution in [3.63, 3.8) is 0 Å². The SMILES string of the molecule is Oc1ccc(CC(Br)Br)cc1. The smallest absolute Gasteiger partial charge is 0.115 e. The van der Waals surface area contributed by atoms with Crippen molar-refractivity contribution >= 4 is 31.9 Å². The van der Waals surface area contributed by atoms with E-state index in [2.05, 4.69) is 31.9 Å². The first kappa shape index (κ1) is 9.07. The second kappa shape index (κ2) is 4.12. The highest BCUT2D eigenvalue weighted by Gasteiger charge is 1.99. The minimum Gasteiger partial charge on any atom is -0.508 e. The van der Waals surface area contributed by atoms with Crippen LogP contribution < -0.4 is 0 Å². The summed E-state index contributed by atoms with van der Waals surface area (Å²) in [7, 11) is 0. The Kier molecular flexibility index (Phi) is 3.40. The molecule has 1 aromatic carbocycles. The van der Waals surface area contributed by atoms with E-state index in [4.69, 9.17) is 5.11 Å². The van der Waals surface area contributed by atoms with Gasteiger partial charge < -0.3 is 5.11 Å². The molecule has 0 fully saturated rings. The highest BCUT2D eigenvalue weighted by molar-refractivity contribution is 9.24. The molecule has 0 aromatic heterocycles. The van der Waals surface area contributed by atoms with E-state index in [9.17, 15) is 0 Å². The zero-order valence-electron chi connectivity index (χ0n) is 5.80. The van der Waals surface area contributed by atoms with Gasteiger partial charge in [-0.2, -0.15) is 0 Å². The number of phenols is 1. The minimum atomic E-state index is 0.305. The predicted molar refractivity (Wildman–Crippen MR) is 53.5 cm³/mol. The molecule has 1 N–H and O–H groups in total. The molecule has 0 heterocycles. The van der Waals surface area contributed by atoms with Crippen LogP contribution >= 0.6 is 31.9 Å². The molecular formula is C8H8Br2O. The lowest BCUT2D eigenvalue weighted by molar-refractivity contribution is 0.475. The molecule has 1 nitrogen and oxygen atoms in total. The number of hydrogen-bond donors (Lipinski definition) is 1. The minimum absolute atomic E-state index is 0.305. The summed E-state index contributed by atoms with van der Waals surface area (Å²) in [5.74, 6) is 0.314. The molecule has 11 heavy (non-hydrogen) atoms. The Morgan fingerprint density at radius 1 is 1.18 bits per heavy atom. The Hall–Kier alpha value is -0.0200. The van der Waals surface area contributed by atoms with Crippen LogP contribution in [0.5, 0.6) is 5.75 Å². The van der Waals surface area contributed by atoms with Gasteiger partial charge in [0, 0.05) is 0 Å². The van der Waals surface area contributed by atoms with E-state index in [1.807, 2.05) is 12.1 Å².